The smallest absolute Gasteiger partial charge is 0.339 e. The number of hydrogen-bond acceptors (Lipinski definition) is 2. The number of aromatic nitrogens is 1. The van der Waals surface area contributed by atoms with Crippen LogP contribution in [0.4, 0.5) is 18.9 Å². The Kier molecular flexibility index (Phi) is 6.79. The van der Waals surface area contributed by atoms with Crippen molar-refractivity contribution in [3.63, 3.8) is 0 Å². The molecule has 0 saturated carbocycles. The standard InChI is InChI=1S/C23H22F3N3O2/c1-2-28(22(31)23(24,25)26)16-18-10-6-11-19(14-18)27-21(30)20-12-7-13-29(20)15-17-8-4-3-5-9-17/h3-14H,2,15-16H2,1H3,(H,27,30). The van der Waals surface area contributed by atoms with E-state index in [1.165, 1.54) is 6.92 Å². The van der Waals surface area contributed by atoms with Crippen molar-refractivity contribution < 1.29 is 22.8 Å². The Morgan fingerprint density at radius 2 is 1.68 bits per heavy atom. The zero-order chi connectivity index (χ0) is 22.4. The van der Waals surface area contributed by atoms with Gasteiger partial charge in [0.15, 0.2) is 0 Å². The van der Waals surface area contributed by atoms with E-state index in [4.69, 9.17) is 0 Å². The van der Waals surface area contributed by atoms with E-state index >= 15 is 0 Å². The number of nitrogens with one attached hydrogen (secondary N) is 1. The maximum atomic E-state index is 12.8. The second-order valence-electron chi connectivity index (χ2n) is 6.98. The van der Waals surface area contributed by atoms with E-state index < -0.39 is 12.1 Å². The molecule has 0 bridgehead atoms. The highest BCUT2D eigenvalue weighted by Gasteiger charge is 2.41. The van der Waals surface area contributed by atoms with Crippen molar-refractivity contribution in [3.05, 3.63) is 89.7 Å². The number of carbonyl (C=O) groups excluding carboxylic acids is 2. The molecule has 0 saturated heterocycles. The van der Waals surface area contributed by atoms with E-state index in [1.54, 1.807) is 42.6 Å². The third-order valence-corrected chi connectivity index (χ3v) is 4.73. The van der Waals surface area contributed by atoms with Crippen molar-refractivity contribution in [1.82, 2.24) is 9.47 Å². The van der Waals surface area contributed by atoms with Crippen molar-refractivity contribution >= 4 is 17.5 Å². The lowest BCUT2D eigenvalue weighted by Crippen LogP contribution is -2.40. The Morgan fingerprint density at radius 1 is 0.968 bits per heavy atom. The van der Waals surface area contributed by atoms with Gasteiger partial charge in [-0.2, -0.15) is 13.2 Å². The van der Waals surface area contributed by atoms with Crippen LogP contribution < -0.4 is 5.32 Å². The number of amides is 2. The molecule has 2 amide bonds. The lowest BCUT2D eigenvalue weighted by Gasteiger charge is -2.22. The number of anilines is 1. The van der Waals surface area contributed by atoms with E-state index in [1.807, 2.05) is 34.9 Å². The topological polar surface area (TPSA) is 54.3 Å². The molecule has 0 aliphatic rings. The fourth-order valence-corrected chi connectivity index (χ4v) is 3.21. The van der Waals surface area contributed by atoms with Gasteiger partial charge in [0.1, 0.15) is 5.69 Å². The van der Waals surface area contributed by atoms with Crippen LogP contribution in [0.15, 0.2) is 72.9 Å². The first-order chi connectivity index (χ1) is 14.8. The first kappa shape index (κ1) is 22.1. The minimum Gasteiger partial charge on any atom is -0.339 e. The Hall–Kier alpha value is -3.55. The van der Waals surface area contributed by atoms with Gasteiger partial charge in [0.2, 0.25) is 0 Å². The highest BCUT2D eigenvalue weighted by Crippen LogP contribution is 2.21. The van der Waals surface area contributed by atoms with E-state index in [0.717, 1.165) is 5.56 Å². The quantitative estimate of drug-likeness (QED) is 0.592. The Balaban J connectivity index is 1.71. The van der Waals surface area contributed by atoms with Crippen molar-refractivity contribution in [3.8, 4) is 0 Å². The Labute approximate surface area is 178 Å². The molecule has 2 aromatic carbocycles. The predicted octanol–water partition coefficient (Wildman–Crippen LogP) is 4.70. The van der Waals surface area contributed by atoms with E-state index in [2.05, 4.69) is 5.32 Å². The van der Waals surface area contributed by atoms with Crippen molar-refractivity contribution in [2.45, 2.75) is 26.2 Å². The molecular weight excluding hydrogens is 407 g/mol. The van der Waals surface area contributed by atoms with Crippen LogP contribution in [0.1, 0.15) is 28.5 Å². The molecule has 0 fully saturated rings. The minimum absolute atomic E-state index is 0.0814. The number of halogens is 3. The maximum Gasteiger partial charge on any atom is 0.471 e. The van der Waals surface area contributed by atoms with Crippen molar-refractivity contribution in [1.29, 1.82) is 0 Å². The molecule has 0 unspecified atom stereocenters. The van der Waals surface area contributed by atoms with Crippen LogP contribution in [0, 0.1) is 0 Å². The average molecular weight is 429 g/mol. The summed E-state index contributed by atoms with van der Waals surface area (Å²) in [5.74, 6) is -2.22. The first-order valence-electron chi connectivity index (χ1n) is 9.73. The zero-order valence-corrected chi connectivity index (χ0v) is 16.9. The molecular formula is C23H22F3N3O2. The van der Waals surface area contributed by atoms with E-state index in [9.17, 15) is 22.8 Å². The van der Waals surface area contributed by atoms with Crippen molar-refractivity contribution in [2.75, 3.05) is 11.9 Å². The lowest BCUT2D eigenvalue weighted by molar-refractivity contribution is -0.185. The van der Waals surface area contributed by atoms with Gasteiger partial charge < -0.3 is 14.8 Å². The number of nitrogens with zero attached hydrogens (tertiary/aromatic N) is 2. The van der Waals surface area contributed by atoms with Crippen LogP contribution >= 0.6 is 0 Å². The summed E-state index contributed by atoms with van der Waals surface area (Å²) in [6.45, 7) is 1.72. The molecule has 3 aromatic rings. The molecule has 0 aliphatic heterocycles. The van der Waals surface area contributed by atoms with Crippen LogP contribution in [0.25, 0.3) is 0 Å². The van der Waals surface area contributed by atoms with Crippen LogP contribution in [0.3, 0.4) is 0 Å². The molecule has 162 valence electrons. The molecule has 0 radical (unpaired) electrons. The number of rotatable bonds is 7. The van der Waals surface area contributed by atoms with Gasteiger partial charge in [-0.05, 0) is 42.3 Å². The summed E-state index contributed by atoms with van der Waals surface area (Å²) in [4.78, 5) is 25.0. The van der Waals surface area contributed by atoms with Gasteiger partial charge in [-0.25, -0.2) is 0 Å². The monoisotopic (exact) mass is 429 g/mol. The van der Waals surface area contributed by atoms with Gasteiger partial charge in [0.25, 0.3) is 5.91 Å². The van der Waals surface area contributed by atoms with Gasteiger partial charge in [-0.3, -0.25) is 9.59 Å². The summed E-state index contributed by atoms with van der Waals surface area (Å²) in [6, 6.07) is 19.6. The molecule has 31 heavy (non-hydrogen) atoms. The van der Waals surface area contributed by atoms with Crippen LogP contribution in [0.5, 0.6) is 0 Å². The normalized spacial score (nSPS) is 11.2. The summed E-state index contributed by atoms with van der Waals surface area (Å²) in [6.07, 6.45) is -3.12. The second-order valence-corrected chi connectivity index (χ2v) is 6.98. The van der Waals surface area contributed by atoms with Gasteiger partial charge in [-0.1, -0.05) is 42.5 Å². The SMILES string of the molecule is CCN(Cc1cccc(NC(=O)c2cccn2Cc2ccccc2)c1)C(=O)C(F)(F)F. The summed E-state index contributed by atoms with van der Waals surface area (Å²) < 4.78 is 40.0. The first-order valence-corrected chi connectivity index (χ1v) is 9.73. The van der Waals surface area contributed by atoms with Crippen LogP contribution in [-0.4, -0.2) is 34.0 Å². The fourth-order valence-electron chi connectivity index (χ4n) is 3.21. The van der Waals surface area contributed by atoms with Gasteiger partial charge >= 0.3 is 12.1 Å². The van der Waals surface area contributed by atoms with E-state index in [0.29, 0.717) is 28.4 Å². The molecule has 5 nitrogen and oxygen atoms in total. The molecule has 1 heterocycles. The van der Waals surface area contributed by atoms with Gasteiger partial charge in [0, 0.05) is 31.5 Å². The highest BCUT2D eigenvalue weighted by atomic mass is 19.4. The van der Waals surface area contributed by atoms with Gasteiger partial charge in [-0.15, -0.1) is 0 Å². The molecule has 0 atom stereocenters. The maximum absolute atomic E-state index is 12.8. The summed E-state index contributed by atoms with van der Waals surface area (Å²) in [5.41, 5.74) is 2.42. The molecule has 0 spiro atoms. The van der Waals surface area contributed by atoms with Crippen LogP contribution in [-0.2, 0) is 17.9 Å². The Bertz CT molecular complexity index is 1050. The zero-order valence-electron chi connectivity index (χ0n) is 16.9. The fraction of sp³-hybridized carbons (Fsp3) is 0.217. The van der Waals surface area contributed by atoms with Gasteiger partial charge in [0.05, 0.1) is 0 Å². The highest BCUT2D eigenvalue weighted by molar-refractivity contribution is 6.03. The lowest BCUT2D eigenvalue weighted by atomic mass is 10.1. The summed E-state index contributed by atoms with van der Waals surface area (Å²) >= 11 is 0. The number of carbonyl (C=O) groups is 2. The second kappa shape index (κ2) is 9.51. The molecule has 0 aliphatic carbocycles. The summed E-state index contributed by atoms with van der Waals surface area (Å²) in [7, 11) is 0. The van der Waals surface area contributed by atoms with E-state index in [-0.39, 0.29) is 19.0 Å². The molecule has 1 aromatic heterocycles. The third kappa shape index (κ3) is 5.75. The predicted molar refractivity (Wildman–Crippen MR) is 112 cm³/mol. The third-order valence-electron chi connectivity index (χ3n) is 4.73. The summed E-state index contributed by atoms with van der Waals surface area (Å²) in [5, 5.41) is 2.78. The Morgan fingerprint density at radius 3 is 2.35 bits per heavy atom. The molecule has 1 N–H and O–H groups in total. The average Bonchev–Trinajstić information content (AvgIpc) is 3.20. The molecule has 3 rings (SSSR count). The minimum atomic E-state index is -4.92. The van der Waals surface area contributed by atoms with Crippen molar-refractivity contribution in [2.24, 2.45) is 0 Å². The largest absolute Gasteiger partial charge is 0.471 e. The number of benzene rings is 2. The molecule has 8 heteroatoms. The number of alkyl halides is 3. The van der Waals surface area contributed by atoms with Crippen LogP contribution in [0.2, 0.25) is 0 Å². The number of hydrogen-bond donors (Lipinski definition) is 1.